The van der Waals surface area contributed by atoms with Gasteiger partial charge < -0.3 is 5.11 Å². The van der Waals surface area contributed by atoms with Crippen LogP contribution in [-0.4, -0.2) is 26.4 Å². The summed E-state index contributed by atoms with van der Waals surface area (Å²) in [5.41, 5.74) is 1.94. The Morgan fingerprint density at radius 2 is 2.12 bits per heavy atom. The quantitative estimate of drug-likeness (QED) is 0.845. The van der Waals surface area contributed by atoms with Gasteiger partial charge in [0, 0.05) is 34.9 Å². The van der Waals surface area contributed by atoms with E-state index in [1.807, 2.05) is 17.6 Å². The number of hydrogen-bond acceptors (Lipinski definition) is 4. The van der Waals surface area contributed by atoms with E-state index >= 15 is 0 Å². The number of hydrogen-bond donors (Lipinski definition) is 1. The predicted molar refractivity (Wildman–Crippen MR) is 94.0 cm³/mol. The molecule has 0 atom stereocenters. The van der Waals surface area contributed by atoms with Crippen molar-refractivity contribution in [1.29, 1.82) is 0 Å². The lowest BCUT2D eigenvalue weighted by Crippen LogP contribution is -2.32. The number of aromatic nitrogens is 2. The van der Waals surface area contributed by atoms with Crippen LogP contribution >= 0.6 is 11.8 Å². The molecule has 0 radical (unpaired) electrons. The average molecular weight is 344 g/mol. The van der Waals surface area contributed by atoms with Crippen molar-refractivity contribution in [1.82, 2.24) is 9.55 Å². The molecule has 1 aromatic carbocycles. The van der Waals surface area contributed by atoms with Crippen LogP contribution in [0.25, 0.3) is 0 Å². The van der Waals surface area contributed by atoms with Crippen LogP contribution in [0.5, 0.6) is 0 Å². The van der Waals surface area contributed by atoms with Gasteiger partial charge in [-0.15, -0.1) is 11.8 Å². The Bertz CT molecular complexity index is 829. The van der Waals surface area contributed by atoms with E-state index in [1.165, 1.54) is 11.8 Å². The van der Waals surface area contributed by atoms with Gasteiger partial charge in [0.05, 0.1) is 5.56 Å². The Morgan fingerprint density at radius 1 is 1.33 bits per heavy atom. The first kappa shape index (κ1) is 16.8. The van der Waals surface area contributed by atoms with Crippen LogP contribution in [0.1, 0.15) is 40.3 Å². The molecule has 0 saturated carbocycles. The lowest BCUT2D eigenvalue weighted by molar-refractivity contribution is 0.0693. The van der Waals surface area contributed by atoms with Crippen molar-refractivity contribution < 1.29 is 9.90 Å². The summed E-state index contributed by atoms with van der Waals surface area (Å²) in [6.45, 7) is 2.64. The topological polar surface area (TPSA) is 72.2 Å². The van der Waals surface area contributed by atoms with Gasteiger partial charge in [-0.25, -0.2) is 9.78 Å². The molecule has 5 nitrogen and oxygen atoms in total. The summed E-state index contributed by atoms with van der Waals surface area (Å²) >= 11 is 1.47. The summed E-state index contributed by atoms with van der Waals surface area (Å²) in [4.78, 5) is 29.3. The van der Waals surface area contributed by atoms with Gasteiger partial charge in [-0.1, -0.05) is 12.1 Å². The van der Waals surface area contributed by atoms with E-state index in [0.29, 0.717) is 17.7 Å². The number of carbonyl (C=O) groups is 1. The number of aromatic carboxylic acids is 1. The van der Waals surface area contributed by atoms with E-state index in [1.54, 1.807) is 18.2 Å². The Hall–Kier alpha value is -2.08. The minimum absolute atomic E-state index is 0.0734. The summed E-state index contributed by atoms with van der Waals surface area (Å²) in [6, 6.07) is 6.96. The number of rotatable bonds is 5. The summed E-state index contributed by atoms with van der Waals surface area (Å²) < 4.78 is 1.81. The van der Waals surface area contributed by atoms with Gasteiger partial charge in [0.2, 0.25) is 0 Å². The molecule has 0 spiro atoms. The fraction of sp³-hybridized carbons (Fsp3) is 0.389. The van der Waals surface area contributed by atoms with Crippen LogP contribution in [-0.2, 0) is 19.4 Å². The fourth-order valence-corrected chi connectivity index (χ4v) is 4.06. The van der Waals surface area contributed by atoms with Crippen molar-refractivity contribution >= 4 is 17.7 Å². The van der Waals surface area contributed by atoms with Crippen LogP contribution in [0.3, 0.4) is 0 Å². The Labute approximate surface area is 144 Å². The van der Waals surface area contributed by atoms with Gasteiger partial charge in [-0.2, -0.15) is 0 Å². The van der Waals surface area contributed by atoms with Crippen molar-refractivity contribution in [3.8, 4) is 0 Å². The molecule has 6 heteroatoms. The van der Waals surface area contributed by atoms with Crippen molar-refractivity contribution in [3.63, 3.8) is 0 Å². The van der Waals surface area contributed by atoms with E-state index in [-0.39, 0.29) is 5.56 Å². The molecule has 1 aliphatic heterocycles. The maximum absolute atomic E-state index is 12.7. The molecule has 1 N–H and O–H groups in total. The minimum Gasteiger partial charge on any atom is -0.478 e. The van der Waals surface area contributed by atoms with E-state index in [4.69, 9.17) is 0 Å². The Balaban J connectivity index is 1.76. The Morgan fingerprint density at radius 3 is 2.92 bits per heavy atom. The molecular formula is C18H20N2O3S. The molecule has 126 valence electrons. The molecule has 0 aliphatic carbocycles. The molecule has 2 aromatic rings. The molecule has 2 heterocycles. The zero-order chi connectivity index (χ0) is 17.1. The van der Waals surface area contributed by atoms with Gasteiger partial charge in [0.1, 0.15) is 5.82 Å². The van der Waals surface area contributed by atoms with Crippen molar-refractivity contribution in [2.24, 2.45) is 0 Å². The SMILES string of the molecule is Cc1nc2n(c(=O)c1CCSc1ccccc1C(=O)O)CCCC2. The standard InChI is InChI=1S/C18H20N2O3S/c1-12-13(17(21)20-10-5-4-8-16(20)19-12)9-11-24-15-7-3-2-6-14(15)18(22)23/h2-3,6-7H,4-5,8-11H2,1H3,(H,22,23). The molecule has 1 aromatic heterocycles. The molecule has 0 saturated heterocycles. The van der Waals surface area contributed by atoms with Gasteiger partial charge in [-0.05, 0) is 38.3 Å². The predicted octanol–water partition coefficient (Wildman–Crippen LogP) is 2.92. The third kappa shape index (κ3) is 3.38. The lowest BCUT2D eigenvalue weighted by Gasteiger charge is -2.19. The van der Waals surface area contributed by atoms with Crippen LogP contribution in [0.2, 0.25) is 0 Å². The molecule has 1 aliphatic rings. The van der Waals surface area contributed by atoms with Crippen molar-refractivity contribution in [3.05, 3.63) is 57.3 Å². The molecule has 0 fully saturated rings. The van der Waals surface area contributed by atoms with E-state index in [2.05, 4.69) is 4.98 Å². The van der Waals surface area contributed by atoms with Gasteiger partial charge in [-0.3, -0.25) is 9.36 Å². The number of nitrogens with zero attached hydrogens (tertiary/aromatic N) is 2. The highest BCUT2D eigenvalue weighted by atomic mass is 32.2. The number of thioether (sulfide) groups is 1. The molecular weight excluding hydrogens is 324 g/mol. The van der Waals surface area contributed by atoms with Gasteiger partial charge in [0.25, 0.3) is 5.56 Å². The number of carboxylic acid groups (broad SMARTS) is 1. The van der Waals surface area contributed by atoms with E-state index < -0.39 is 5.97 Å². The number of benzene rings is 1. The monoisotopic (exact) mass is 344 g/mol. The Kier molecular flexibility index (Phi) is 5.04. The smallest absolute Gasteiger partial charge is 0.336 e. The largest absolute Gasteiger partial charge is 0.478 e. The minimum atomic E-state index is -0.926. The first-order valence-corrected chi connectivity index (χ1v) is 9.11. The summed E-state index contributed by atoms with van der Waals surface area (Å²) in [5.74, 6) is 0.627. The van der Waals surface area contributed by atoms with Crippen LogP contribution in [0, 0.1) is 6.92 Å². The zero-order valence-corrected chi connectivity index (χ0v) is 14.4. The highest BCUT2D eigenvalue weighted by Crippen LogP contribution is 2.23. The maximum Gasteiger partial charge on any atom is 0.336 e. The number of aryl methyl sites for hydroxylation is 2. The first-order chi connectivity index (χ1) is 11.6. The molecule has 24 heavy (non-hydrogen) atoms. The van der Waals surface area contributed by atoms with E-state index in [9.17, 15) is 14.7 Å². The van der Waals surface area contributed by atoms with Gasteiger partial charge >= 0.3 is 5.97 Å². The van der Waals surface area contributed by atoms with Crippen LogP contribution in [0.4, 0.5) is 0 Å². The third-order valence-corrected chi connectivity index (χ3v) is 5.38. The second-order valence-corrected chi connectivity index (χ2v) is 7.04. The summed E-state index contributed by atoms with van der Waals surface area (Å²) in [6.07, 6.45) is 3.58. The normalized spacial score (nSPS) is 13.5. The molecule has 0 unspecified atom stereocenters. The number of carboxylic acids is 1. The van der Waals surface area contributed by atoms with Crippen LogP contribution in [0.15, 0.2) is 34.0 Å². The third-order valence-electron chi connectivity index (χ3n) is 4.31. The zero-order valence-electron chi connectivity index (χ0n) is 13.6. The average Bonchev–Trinajstić information content (AvgIpc) is 2.58. The van der Waals surface area contributed by atoms with Gasteiger partial charge in [0.15, 0.2) is 0 Å². The van der Waals surface area contributed by atoms with Crippen molar-refractivity contribution in [2.75, 3.05) is 5.75 Å². The number of fused-ring (bicyclic) bond motifs is 1. The second kappa shape index (κ2) is 7.21. The van der Waals surface area contributed by atoms with Crippen LogP contribution < -0.4 is 5.56 Å². The first-order valence-electron chi connectivity index (χ1n) is 8.12. The van der Waals surface area contributed by atoms with E-state index in [0.717, 1.165) is 47.8 Å². The molecule has 0 bridgehead atoms. The second-order valence-electron chi connectivity index (χ2n) is 5.91. The summed E-state index contributed by atoms with van der Waals surface area (Å²) in [7, 11) is 0. The lowest BCUT2D eigenvalue weighted by atomic mass is 10.1. The molecule has 3 rings (SSSR count). The highest BCUT2D eigenvalue weighted by Gasteiger charge is 2.17. The summed E-state index contributed by atoms with van der Waals surface area (Å²) in [5, 5.41) is 9.23. The fourth-order valence-electron chi connectivity index (χ4n) is 3.05. The maximum atomic E-state index is 12.7. The van der Waals surface area contributed by atoms with Crippen molar-refractivity contribution in [2.45, 2.75) is 44.0 Å². The highest BCUT2D eigenvalue weighted by molar-refractivity contribution is 7.99. The molecule has 0 amide bonds.